The van der Waals surface area contributed by atoms with Crippen LogP contribution in [0.1, 0.15) is 5.56 Å². The second kappa shape index (κ2) is 4.68. The van der Waals surface area contributed by atoms with Crippen LogP contribution in [0.5, 0.6) is 5.88 Å². The molecule has 2 aromatic heterocycles. The Morgan fingerprint density at radius 2 is 2.16 bits per heavy atom. The molecule has 5 heteroatoms. The molecule has 0 aliphatic heterocycles. The first-order valence-electron chi connectivity index (χ1n) is 5.87. The van der Waals surface area contributed by atoms with Gasteiger partial charge in [0.25, 0.3) is 0 Å². The molecule has 3 rings (SSSR count). The fraction of sp³-hybridized carbons (Fsp3) is 0.143. The fourth-order valence-corrected chi connectivity index (χ4v) is 1.92. The number of imidazole rings is 1. The zero-order valence-electron chi connectivity index (χ0n) is 10.4. The third kappa shape index (κ3) is 2.27. The van der Waals surface area contributed by atoms with Gasteiger partial charge in [-0.2, -0.15) is 0 Å². The third-order valence-electron chi connectivity index (χ3n) is 2.87. The summed E-state index contributed by atoms with van der Waals surface area (Å²) < 4.78 is 20.6. The average molecular weight is 257 g/mol. The number of pyridine rings is 1. The van der Waals surface area contributed by atoms with E-state index in [0.717, 1.165) is 11.1 Å². The summed E-state index contributed by atoms with van der Waals surface area (Å²) in [5.41, 5.74) is 2.42. The van der Waals surface area contributed by atoms with Crippen LogP contribution >= 0.6 is 0 Å². The third-order valence-corrected chi connectivity index (χ3v) is 2.87. The molecule has 0 amide bonds. The highest BCUT2D eigenvalue weighted by Crippen LogP contribution is 2.21. The number of halogens is 1. The fourth-order valence-electron chi connectivity index (χ4n) is 1.92. The van der Waals surface area contributed by atoms with Crippen LogP contribution in [0.4, 0.5) is 4.39 Å². The van der Waals surface area contributed by atoms with Gasteiger partial charge < -0.3 is 9.30 Å². The van der Waals surface area contributed by atoms with Crippen molar-refractivity contribution in [3.05, 3.63) is 54.2 Å². The van der Waals surface area contributed by atoms with Gasteiger partial charge in [0.2, 0.25) is 5.88 Å². The van der Waals surface area contributed by atoms with Gasteiger partial charge in [0, 0.05) is 13.2 Å². The Balaban J connectivity index is 1.86. The Morgan fingerprint density at radius 3 is 3.00 bits per heavy atom. The van der Waals surface area contributed by atoms with Gasteiger partial charge in [0.15, 0.2) is 5.52 Å². The van der Waals surface area contributed by atoms with Gasteiger partial charge in [-0.3, -0.25) is 0 Å². The summed E-state index contributed by atoms with van der Waals surface area (Å²) in [6.07, 6.45) is 3.38. The number of fused-ring (bicyclic) bond motifs is 1. The van der Waals surface area contributed by atoms with E-state index in [4.69, 9.17) is 4.74 Å². The molecule has 3 aromatic rings. The summed E-state index contributed by atoms with van der Waals surface area (Å²) in [6, 6.07) is 8.18. The molecular weight excluding hydrogens is 245 g/mol. The van der Waals surface area contributed by atoms with Gasteiger partial charge >= 0.3 is 0 Å². The molecule has 19 heavy (non-hydrogen) atoms. The molecule has 0 aliphatic rings. The van der Waals surface area contributed by atoms with E-state index < -0.39 is 0 Å². The van der Waals surface area contributed by atoms with Gasteiger partial charge in [-0.25, -0.2) is 14.4 Å². The highest BCUT2D eigenvalue weighted by molar-refractivity contribution is 5.79. The maximum Gasteiger partial charge on any atom is 0.242 e. The van der Waals surface area contributed by atoms with E-state index in [2.05, 4.69) is 9.97 Å². The molecular formula is C14H12FN3O. The van der Waals surface area contributed by atoms with Crippen LogP contribution in [0.25, 0.3) is 11.0 Å². The predicted molar refractivity (Wildman–Crippen MR) is 69.2 cm³/mol. The normalized spacial score (nSPS) is 10.8. The van der Waals surface area contributed by atoms with E-state index in [0.29, 0.717) is 11.4 Å². The van der Waals surface area contributed by atoms with Gasteiger partial charge in [0.05, 0.1) is 11.8 Å². The largest absolute Gasteiger partial charge is 0.471 e. The Kier molecular flexibility index (Phi) is 2.87. The lowest BCUT2D eigenvalue weighted by molar-refractivity contribution is 0.297. The summed E-state index contributed by atoms with van der Waals surface area (Å²) in [5.74, 6) is 0.187. The summed E-state index contributed by atoms with van der Waals surface area (Å²) in [5, 5.41) is 0. The lowest BCUT2D eigenvalue weighted by atomic mass is 10.2. The van der Waals surface area contributed by atoms with Gasteiger partial charge in [-0.05, 0) is 23.8 Å². The summed E-state index contributed by atoms with van der Waals surface area (Å²) >= 11 is 0. The topological polar surface area (TPSA) is 39.9 Å². The first kappa shape index (κ1) is 11.6. The van der Waals surface area contributed by atoms with E-state index in [1.807, 2.05) is 23.7 Å². The van der Waals surface area contributed by atoms with E-state index in [1.54, 1.807) is 18.6 Å². The number of ether oxygens (including phenoxy) is 1. The van der Waals surface area contributed by atoms with Gasteiger partial charge in [0.1, 0.15) is 12.4 Å². The number of rotatable bonds is 3. The molecule has 0 fully saturated rings. The zero-order valence-corrected chi connectivity index (χ0v) is 10.4. The van der Waals surface area contributed by atoms with Crippen LogP contribution in [-0.2, 0) is 13.7 Å². The van der Waals surface area contributed by atoms with Crippen LogP contribution in [-0.4, -0.2) is 14.5 Å². The van der Waals surface area contributed by atoms with Crippen molar-refractivity contribution in [1.82, 2.24) is 14.5 Å². The molecule has 0 saturated heterocycles. The molecule has 0 spiro atoms. The number of hydrogen-bond donors (Lipinski definition) is 0. The van der Waals surface area contributed by atoms with Gasteiger partial charge in [-0.15, -0.1) is 0 Å². The molecule has 1 aromatic carbocycles. The zero-order chi connectivity index (χ0) is 13.2. The SMILES string of the molecule is Cn1cnc2c(OCc3cccc(F)c3)nccc21. The molecule has 0 bridgehead atoms. The van der Waals surface area contributed by atoms with Crippen molar-refractivity contribution in [2.24, 2.45) is 7.05 Å². The van der Waals surface area contributed by atoms with E-state index in [9.17, 15) is 4.39 Å². The molecule has 4 nitrogen and oxygen atoms in total. The highest BCUT2D eigenvalue weighted by atomic mass is 19.1. The maximum atomic E-state index is 13.1. The van der Waals surface area contributed by atoms with Crippen molar-refractivity contribution >= 4 is 11.0 Å². The minimum absolute atomic E-state index is 0.264. The van der Waals surface area contributed by atoms with E-state index in [1.165, 1.54) is 12.1 Å². The summed E-state index contributed by atoms with van der Waals surface area (Å²) in [6.45, 7) is 0.264. The number of benzene rings is 1. The smallest absolute Gasteiger partial charge is 0.242 e. The second-order valence-corrected chi connectivity index (χ2v) is 4.26. The van der Waals surface area contributed by atoms with Crippen LogP contribution < -0.4 is 4.74 Å². The van der Waals surface area contributed by atoms with Crippen molar-refractivity contribution in [3.8, 4) is 5.88 Å². The average Bonchev–Trinajstić information content (AvgIpc) is 2.79. The van der Waals surface area contributed by atoms with E-state index in [-0.39, 0.29) is 12.4 Å². The van der Waals surface area contributed by atoms with Crippen molar-refractivity contribution in [2.45, 2.75) is 6.61 Å². The summed E-state index contributed by atoms with van der Waals surface area (Å²) in [7, 11) is 1.91. The first-order valence-corrected chi connectivity index (χ1v) is 5.87. The monoisotopic (exact) mass is 257 g/mol. The predicted octanol–water partition coefficient (Wildman–Crippen LogP) is 2.69. The number of hydrogen-bond acceptors (Lipinski definition) is 3. The molecule has 0 atom stereocenters. The van der Waals surface area contributed by atoms with Crippen molar-refractivity contribution in [3.63, 3.8) is 0 Å². The van der Waals surface area contributed by atoms with Crippen molar-refractivity contribution < 1.29 is 9.13 Å². The van der Waals surface area contributed by atoms with E-state index >= 15 is 0 Å². The summed E-state index contributed by atoms with van der Waals surface area (Å²) in [4.78, 5) is 8.42. The standard InChI is InChI=1S/C14H12FN3O/c1-18-9-17-13-12(18)5-6-16-14(13)19-8-10-3-2-4-11(15)7-10/h2-7,9H,8H2,1H3. The van der Waals surface area contributed by atoms with Crippen LogP contribution in [0.15, 0.2) is 42.9 Å². The minimum atomic E-state index is -0.273. The minimum Gasteiger partial charge on any atom is -0.471 e. The number of aryl methyl sites for hydroxylation is 1. The molecule has 0 N–H and O–H groups in total. The lowest BCUT2D eigenvalue weighted by Gasteiger charge is -2.06. The quantitative estimate of drug-likeness (QED) is 0.724. The van der Waals surface area contributed by atoms with Crippen LogP contribution in [0.2, 0.25) is 0 Å². The van der Waals surface area contributed by atoms with Crippen molar-refractivity contribution in [1.29, 1.82) is 0 Å². The maximum absolute atomic E-state index is 13.1. The number of nitrogens with zero attached hydrogens (tertiary/aromatic N) is 3. The molecule has 0 unspecified atom stereocenters. The Bertz CT molecular complexity index is 724. The first-order chi connectivity index (χ1) is 9.24. The highest BCUT2D eigenvalue weighted by Gasteiger charge is 2.08. The molecule has 0 radical (unpaired) electrons. The Morgan fingerprint density at radius 1 is 1.26 bits per heavy atom. The Labute approximate surface area is 109 Å². The second-order valence-electron chi connectivity index (χ2n) is 4.26. The molecule has 0 aliphatic carbocycles. The van der Waals surface area contributed by atoms with Gasteiger partial charge in [-0.1, -0.05) is 12.1 Å². The molecule has 2 heterocycles. The van der Waals surface area contributed by atoms with Crippen LogP contribution in [0.3, 0.4) is 0 Å². The molecule has 96 valence electrons. The lowest BCUT2D eigenvalue weighted by Crippen LogP contribution is -1.98. The number of aromatic nitrogens is 3. The van der Waals surface area contributed by atoms with Crippen LogP contribution in [0, 0.1) is 5.82 Å². The van der Waals surface area contributed by atoms with Crippen molar-refractivity contribution in [2.75, 3.05) is 0 Å². The Hall–Kier alpha value is -2.43. The molecule has 0 saturated carbocycles.